The van der Waals surface area contributed by atoms with Gasteiger partial charge in [-0.25, -0.2) is 5.10 Å². The Morgan fingerprint density at radius 2 is 2.47 bits per heavy atom. The van der Waals surface area contributed by atoms with Crippen LogP contribution in [0.15, 0.2) is 32.0 Å². The lowest BCUT2D eigenvalue weighted by Crippen LogP contribution is -2.10. The zero-order valence-electron chi connectivity index (χ0n) is 8.90. The molecule has 5 nitrogen and oxygen atoms in total. The quantitative estimate of drug-likeness (QED) is 0.675. The van der Waals surface area contributed by atoms with Crippen LogP contribution < -0.4 is 11.0 Å². The van der Waals surface area contributed by atoms with Gasteiger partial charge in [-0.2, -0.15) is 10.2 Å². The Bertz CT molecular complexity index is 604. The lowest BCUT2D eigenvalue weighted by atomic mass is 10.3. The summed E-state index contributed by atoms with van der Waals surface area (Å²) >= 11 is 4.76. The first kappa shape index (κ1) is 12.0. The molecule has 0 saturated carbocycles. The van der Waals surface area contributed by atoms with Crippen molar-refractivity contribution in [3.8, 4) is 0 Å². The standard InChI is InChI=1S/C10H9BrN4OS/c1-6-2-3-17-8(6)5-13-14-7-4-12-15-10(16)9(7)11/h2-5H,1H3,(H2,14,15,16). The highest BCUT2D eigenvalue weighted by molar-refractivity contribution is 9.10. The van der Waals surface area contributed by atoms with Crippen LogP contribution in [0.5, 0.6) is 0 Å². The van der Waals surface area contributed by atoms with E-state index >= 15 is 0 Å². The Morgan fingerprint density at radius 1 is 1.65 bits per heavy atom. The van der Waals surface area contributed by atoms with Crippen molar-refractivity contribution in [1.82, 2.24) is 10.2 Å². The maximum atomic E-state index is 11.2. The van der Waals surface area contributed by atoms with Crippen molar-refractivity contribution in [2.75, 3.05) is 5.43 Å². The van der Waals surface area contributed by atoms with Crippen LogP contribution in [-0.4, -0.2) is 16.4 Å². The molecule has 17 heavy (non-hydrogen) atoms. The number of anilines is 1. The monoisotopic (exact) mass is 312 g/mol. The first-order valence-electron chi connectivity index (χ1n) is 4.75. The van der Waals surface area contributed by atoms with Gasteiger partial charge in [0.2, 0.25) is 0 Å². The Kier molecular flexibility index (Phi) is 3.70. The number of aromatic nitrogens is 2. The van der Waals surface area contributed by atoms with Gasteiger partial charge in [0.05, 0.1) is 18.1 Å². The molecule has 7 heteroatoms. The Balaban J connectivity index is 2.13. The van der Waals surface area contributed by atoms with E-state index in [1.54, 1.807) is 17.6 Å². The molecule has 2 aromatic heterocycles. The van der Waals surface area contributed by atoms with E-state index in [2.05, 4.69) is 36.7 Å². The summed E-state index contributed by atoms with van der Waals surface area (Å²) in [6.45, 7) is 2.02. The van der Waals surface area contributed by atoms with Gasteiger partial charge in [-0.15, -0.1) is 11.3 Å². The number of nitrogens with one attached hydrogen (secondary N) is 2. The van der Waals surface area contributed by atoms with Gasteiger partial charge in [-0.05, 0) is 39.9 Å². The highest BCUT2D eigenvalue weighted by Crippen LogP contribution is 2.16. The third-order valence-corrected chi connectivity index (χ3v) is 3.80. The molecule has 0 saturated heterocycles. The van der Waals surface area contributed by atoms with E-state index in [4.69, 9.17) is 0 Å². The minimum absolute atomic E-state index is 0.294. The highest BCUT2D eigenvalue weighted by Gasteiger charge is 2.02. The van der Waals surface area contributed by atoms with Crippen LogP contribution >= 0.6 is 27.3 Å². The van der Waals surface area contributed by atoms with Crippen molar-refractivity contribution >= 4 is 39.2 Å². The molecule has 0 fully saturated rings. The van der Waals surface area contributed by atoms with Gasteiger partial charge in [0.15, 0.2) is 0 Å². The number of rotatable bonds is 3. The van der Waals surface area contributed by atoms with Crippen LogP contribution in [0, 0.1) is 6.92 Å². The van der Waals surface area contributed by atoms with E-state index in [0.29, 0.717) is 10.2 Å². The molecule has 0 atom stereocenters. The summed E-state index contributed by atoms with van der Waals surface area (Å²) in [4.78, 5) is 12.3. The molecule has 0 spiro atoms. The fourth-order valence-corrected chi connectivity index (χ4v) is 2.20. The minimum Gasteiger partial charge on any atom is -0.275 e. The molecule has 2 N–H and O–H groups in total. The van der Waals surface area contributed by atoms with E-state index in [0.717, 1.165) is 4.88 Å². The summed E-state index contributed by atoms with van der Waals surface area (Å²) in [5.41, 5.74) is 4.17. The predicted octanol–water partition coefficient (Wildman–Crippen LogP) is 2.35. The van der Waals surface area contributed by atoms with Crippen LogP contribution in [0.1, 0.15) is 10.4 Å². The number of halogens is 1. The maximum Gasteiger partial charge on any atom is 0.280 e. The molecule has 2 rings (SSSR count). The second-order valence-corrected chi connectivity index (χ2v) is 5.01. The molecular weight excluding hydrogens is 304 g/mol. The summed E-state index contributed by atoms with van der Waals surface area (Å²) < 4.78 is 0.382. The van der Waals surface area contributed by atoms with E-state index < -0.39 is 0 Å². The molecule has 0 aliphatic heterocycles. The van der Waals surface area contributed by atoms with Gasteiger partial charge in [0.1, 0.15) is 4.47 Å². The lowest BCUT2D eigenvalue weighted by Gasteiger charge is -2.00. The predicted molar refractivity (Wildman–Crippen MR) is 72.8 cm³/mol. The number of thiophene rings is 1. The summed E-state index contributed by atoms with van der Waals surface area (Å²) in [7, 11) is 0. The summed E-state index contributed by atoms with van der Waals surface area (Å²) in [5, 5.41) is 12.0. The fraction of sp³-hybridized carbons (Fsp3) is 0.100. The number of hydrogen-bond acceptors (Lipinski definition) is 5. The third-order valence-electron chi connectivity index (χ3n) is 2.06. The van der Waals surface area contributed by atoms with Crippen LogP contribution in [0.25, 0.3) is 0 Å². The van der Waals surface area contributed by atoms with Crippen molar-refractivity contribution < 1.29 is 0 Å². The van der Waals surface area contributed by atoms with Gasteiger partial charge in [0.25, 0.3) is 5.56 Å². The van der Waals surface area contributed by atoms with E-state index in [1.165, 1.54) is 11.8 Å². The zero-order chi connectivity index (χ0) is 12.3. The molecule has 0 radical (unpaired) electrons. The van der Waals surface area contributed by atoms with Crippen LogP contribution in [-0.2, 0) is 0 Å². The number of hydrazone groups is 1. The maximum absolute atomic E-state index is 11.2. The minimum atomic E-state index is -0.294. The fourth-order valence-electron chi connectivity index (χ4n) is 1.14. The molecule has 2 heterocycles. The second-order valence-electron chi connectivity index (χ2n) is 3.26. The molecule has 2 aromatic rings. The van der Waals surface area contributed by atoms with E-state index in [1.807, 2.05) is 18.4 Å². The van der Waals surface area contributed by atoms with Crippen LogP contribution in [0.3, 0.4) is 0 Å². The first-order chi connectivity index (χ1) is 8.18. The Labute approximate surface area is 110 Å². The molecule has 0 bridgehead atoms. The van der Waals surface area contributed by atoms with Crippen molar-refractivity contribution in [1.29, 1.82) is 0 Å². The van der Waals surface area contributed by atoms with E-state index in [-0.39, 0.29) is 5.56 Å². The van der Waals surface area contributed by atoms with Crippen molar-refractivity contribution in [2.45, 2.75) is 6.92 Å². The zero-order valence-corrected chi connectivity index (χ0v) is 11.3. The van der Waals surface area contributed by atoms with Gasteiger partial charge in [0, 0.05) is 4.88 Å². The second kappa shape index (κ2) is 5.24. The normalized spacial score (nSPS) is 10.9. The molecule has 0 aromatic carbocycles. The largest absolute Gasteiger partial charge is 0.280 e. The van der Waals surface area contributed by atoms with E-state index in [9.17, 15) is 4.79 Å². The van der Waals surface area contributed by atoms with Crippen molar-refractivity contribution in [2.24, 2.45) is 5.10 Å². The topological polar surface area (TPSA) is 70.1 Å². The molecule has 0 unspecified atom stereocenters. The van der Waals surface area contributed by atoms with Gasteiger partial charge in [-0.3, -0.25) is 10.2 Å². The SMILES string of the molecule is Cc1ccsc1C=NNc1cn[nH]c(=O)c1Br. The lowest BCUT2D eigenvalue weighted by molar-refractivity contribution is 0.977. The summed E-state index contributed by atoms with van der Waals surface area (Å²) in [6.07, 6.45) is 3.21. The number of H-pyrrole nitrogens is 1. The van der Waals surface area contributed by atoms with Gasteiger partial charge >= 0.3 is 0 Å². The van der Waals surface area contributed by atoms with Gasteiger partial charge < -0.3 is 0 Å². The van der Waals surface area contributed by atoms with Crippen molar-refractivity contribution in [3.63, 3.8) is 0 Å². The Hall–Kier alpha value is -1.47. The smallest absolute Gasteiger partial charge is 0.275 e. The first-order valence-corrected chi connectivity index (χ1v) is 6.42. The Morgan fingerprint density at radius 3 is 3.18 bits per heavy atom. The molecule has 0 amide bonds. The summed E-state index contributed by atoms with van der Waals surface area (Å²) in [6, 6.07) is 2.02. The average Bonchev–Trinajstić information content (AvgIpc) is 2.71. The van der Waals surface area contributed by atoms with Crippen molar-refractivity contribution in [3.05, 3.63) is 42.9 Å². The molecule has 88 valence electrons. The number of nitrogens with zero attached hydrogens (tertiary/aromatic N) is 2. The average molecular weight is 313 g/mol. The van der Waals surface area contributed by atoms with Gasteiger partial charge in [-0.1, -0.05) is 0 Å². The third kappa shape index (κ3) is 2.80. The molecule has 0 aliphatic carbocycles. The molecule has 0 aliphatic rings. The van der Waals surface area contributed by atoms with Crippen LogP contribution in [0.2, 0.25) is 0 Å². The number of aromatic amines is 1. The summed E-state index contributed by atoms with van der Waals surface area (Å²) in [5.74, 6) is 0. The highest BCUT2D eigenvalue weighted by atomic mass is 79.9. The van der Waals surface area contributed by atoms with Crippen LogP contribution in [0.4, 0.5) is 5.69 Å². The number of aryl methyl sites for hydroxylation is 1. The number of hydrogen-bond donors (Lipinski definition) is 2. The molecular formula is C10H9BrN4OS.